The van der Waals surface area contributed by atoms with E-state index in [0.717, 1.165) is 30.7 Å². The standard InChI is InChI=1S/C14H21NO4/c1-4-14(2,3)13(18)19-15-11(16)9-7-5-6-8-10(9)12(15)17/h9-10H,4-8H2,1-3H3. The number of fused-ring (bicyclic) bond motifs is 1. The minimum absolute atomic E-state index is 0.279. The lowest BCUT2D eigenvalue weighted by atomic mass is 9.81. The van der Waals surface area contributed by atoms with Crippen LogP contribution in [0.2, 0.25) is 0 Å². The van der Waals surface area contributed by atoms with Gasteiger partial charge in [0, 0.05) is 0 Å². The van der Waals surface area contributed by atoms with Gasteiger partial charge in [0.1, 0.15) is 0 Å². The summed E-state index contributed by atoms with van der Waals surface area (Å²) in [7, 11) is 0. The largest absolute Gasteiger partial charge is 0.338 e. The van der Waals surface area contributed by atoms with Crippen molar-refractivity contribution in [3.8, 4) is 0 Å². The van der Waals surface area contributed by atoms with Crippen LogP contribution in [0.1, 0.15) is 52.9 Å². The second-order valence-electron chi connectivity index (χ2n) is 6.08. The Labute approximate surface area is 113 Å². The monoisotopic (exact) mass is 267 g/mol. The molecule has 0 aromatic heterocycles. The van der Waals surface area contributed by atoms with Gasteiger partial charge in [-0.3, -0.25) is 9.59 Å². The van der Waals surface area contributed by atoms with E-state index < -0.39 is 11.4 Å². The van der Waals surface area contributed by atoms with Crippen molar-refractivity contribution in [1.29, 1.82) is 0 Å². The third kappa shape index (κ3) is 2.38. The fourth-order valence-electron chi connectivity index (χ4n) is 2.57. The van der Waals surface area contributed by atoms with Gasteiger partial charge in [-0.05, 0) is 33.1 Å². The van der Waals surface area contributed by atoms with E-state index in [2.05, 4.69) is 0 Å². The van der Waals surface area contributed by atoms with Gasteiger partial charge in [-0.15, -0.1) is 5.06 Å². The Morgan fingerprint density at radius 2 is 1.68 bits per heavy atom. The van der Waals surface area contributed by atoms with Crippen LogP contribution in [0.5, 0.6) is 0 Å². The molecule has 5 heteroatoms. The third-order valence-corrected chi connectivity index (χ3v) is 4.41. The lowest BCUT2D eigenvalue weighted by Gasteiger charge is -2.23. The maximum Gasteiger partial charge on any atom is 0.338 e. The van der Waals surface area contributed by atoms with Crippen LogP contribution in [-0.4, -0.2) is 22.8 Å². The normalized spacial score (nSPS) is 27.4. The summed E-state index contributed by atoms with van der Waals surface area (Å²) >= 11 is 0. The highest BCUT2D eigenvalue weighted by Crippen LogP contribution is 2.38. The summed E-state index contributed by atoms with van der Waals surface area (Å²) in [6.07, 6.45) is 3.96. The van der Waals surface area contributed by atoms with Crippen molar-refractivity contribution in [2.45, 2.75) is 52.9 Å². The molecule has 106 valence electrons. The molecule has 0 radical (unpaired) electrons. The lowest BCUT2D eigenvalue weighted by molar-refractivity contribution is -0.205. The highest BCUT2D eigenvalue weighted by atomic mass is 16.7. The first-order valence-corrected chi connectivity index (χ1v) is 6.98. The number of rotatable bonds is 3. The van der Waals surface area contributed by atoms with Gasteiger partial charge in [-0.1, -0.05) is 19.8 Å². The Hall–Kier alpha value is -1.39. The first-order chi connectivity index (χ1) is 8.88. The fraction of sp³-hybridized carbons (Fsp3) is 0.786. The molecule has 1 saturated heterocycles. The van der Waals surface area contributed by atoms with Gasteiger partial charge in [0.15, 0.2) is 0 Å². The summed E-state index contributed by atoms with van der Waals surface area (Å²) in [4.78, 5) is 41.3. The maximum atomic E-state index is 12.1. The summed E-state index contributed by atoms with van der Waals surface area (Å²) in [6.45, 7) is 5.36. The molecule has 2 aliphatic rings. The van der Waals surface area contributed by atoms with Crippen LogP contribution >= 0.6 is 0 Å². The molecule has 2 fully saturated rings. The van der Waals surface area contributed by atoms with Crippen molar-refractivity contribution in [3.05, 3.63) is 0 Å². The van der Waals surface area contributed by atoms with Crippen LogP contribution in [0.15, 0.2) is 0 Å². The molecule has 0 N–H and O–H groups in total. The van der Waals surface area contributed by atoms with E-state index in [-0.39, 0.29) is 23.7 Å². The zero-order valence-electron chi connectivity index (χ0n) is 11.8. The lowest BCUT2D eigenvalue weighted by Crippen LogP contribution is -2.38. The molecular weight excluding hydrogens is 246 g/mol. The second-order valence-corrected chi connectivity index (χ2v) is 6.08. The SMILES string of the molecule is CCC(C)(C)C(=O)ON1C(=O)C2CCCCC2C1=O. The molecule has 1 saturated carbocycles. The Balaban J connectivity index is 2.11. The average molecular weight is 267 g/mol. The van der Waals surface area contributed by atoms with Crippen LogP contribution in [0.25, 0.3) is 0 Å². The van der Waals surface area contributed by atoms with Gasteiger partial charge in [-0.25, -0.2) is 4.79 Å². The number of hydrogen-bond acceptors (Lipinski definition) is 4. The number of hydroxylamine groups is 2. The van der Waals surface area contributed by atoms with E-state index in [1.807, 2.05) is 6.92 Å². The maximum absolute atomic E-state index is 12.1. The van der Waals surface area contributed by atoms with E-state index in [9.17, 15) is 14.4 Å². The number of carbonyl (C=O) groups excluding carboxylic acids is 3. The minimum atomic E-state index is -0.686. The second kappa shape index (κ2) is 4.94. The number of carbonyl (C=O) groups is 3. The number of hydrogen-bond donors (Lipinski definition) is 0. The van der Waals surface area contributed by atoms with Gasteiger partial charge < -0.3 is 4.84 Å². The molecule has 1 aliphatic carbocycles. The third-order valence-electron chi connectivity index (χ3n) is 4.41. The number of imide groups is 1. The van der Waals surface area contributed by atoms with E-state index in [4.69, 9.17) is 4.84 Å². The van der Waals surface area contributed by atoms with Gasteiger partial charge in [0.25, 0.3) is 11.8 Å². The van der Waals surface area contributed by atoms with E-state index in [1.54, 1.807) is 13.8 Å². The molecule has 2 rings (SSSR count). The predicted molar refractivity (Wildman–Crippen MR) is 67.5 cm³/mol. The van der Waals surface area contributed by atoms with Crippen LogP contribution in [-0.2, 0) is 19.2 Å². The van der Waals surface area contributed by atoms with E-state index in [0.29, 0.717) is 6.42 Å². The summed E-state index contributed by atoms with van der Waals surface area (Å²) in [5.41, 5.74) is -0.686. The van der Waals surface area contributed by atoms with E-state index in [1.165, 1.54) is 0 Å². The van der Waals surface area contributed by atoms with Gasteiger partial charge in [0.2, 0.25) is 0 Å². The average Bonchev–Trinajstić information content (AvgIpc) is 2.64. The topological polar surface area (TPSA) is 63.7 Å². The Morgan fingerprint density at radius 3 is 2.11 bits per heavy atom. The van der Waals surface area contributed by atoms with Crippen molar-refractivity contribution >= 4 is 17.8 Å². The van der Waals surface area contributed by atoms with Gasteiger partial charge in [-0.2, -0.15) is 0 Å². The molecule has 0 spiro atoms. The van der Waals surface area contributed by atoms with Crippen LogP contribution in [0.3, 0.4) is 0 Å². The van der Waals surface area contributed by atoms with Gasteiger partial charge in [0.05, 0.1) is 17.3 Å². The van der Waals surface area contributed by atoms with Gasteiger partial charge >= 0.3 is 5.97 Å². The molecule has 0 aromatic rings. The smallest absolute Gasteiger partial charge is 0.330 e. The van der Waals surface area contributed by atoms with Crippen LogP contribution < -0.4 is 0 Å². The highest BCUT2D eigenvalue weighted by Gasteiger charge is 2.51. The van der Waals surface area contributed by atoms with Crippen LogP contribution in [0.4, 0.5) is 0 Å². The predicted octanol–water partition coefficient (Wildman–Crippen LogP) is 2.06. The van der Waals surface area contributed by atoms with Crippen LogP contribution in [0, 0.1) is 17.3 Å². The summed E-state index contributed by atoms with van der Waals surface area (Å²) < 4.78 is 0. The van der Waals surface area contributed by atoms with E-state index >= 15 is 0 Å². The molecule has 2 amide bonds. The molecule has 19 heavy (non-hydrogen) atoms. The Kier molecular flexibility index (Phi) is 3.65. The quantitative estimate of drug-likeness (QED) is 0.734. The molecule has 1 aliphatic heterocycles. The molecule has 1 heterocycles. The molecule has 0 aromatic carbocycles. The van der Waals surface area contributed by atoms with Crippen molar-refractivity contribution in [1.82, 2.24) is 5.06 Å². The zero-order chi connectivity index (χ0) is 14.2. The van der Waals surface area contributed by atoms with Crippen molar-refractivity contribution < 1.29 is 19.2 Å². The summed E-state index contributed by atoms with van der Waals surface area (Å²) in [5.74, 6) is -1.75. The van der Waals surface area contributed by atoms with Crippen molar-refractivity contribution in [2.75, 3.05) is 0 Å². The minimum Gasteiger partial charge on any atom is -0.330 e. The molecule has 2 unspecified atom stereocenters. The fourth-order valence-corrected chi connectivity index (χ4v) is 2.57. The number of nitrogens with zero attached hydrogens (tertiary/aromatic N) is 1. The zero-order valence-corrected chi connectivity index (χ0v) is 11.8. The molecule has 5 nitrogen and oxygen atoms in total. The highest BCUT2D eigenvalue weighted by molar-refractivity contribution is 6.05. The molecular formula is C14H21NO4. The Morgan fingerprint density at radius 1 is 1.21 bits per heavy atom. The Bertz CT molecular complexity index is 392. The first kappa shape index (κ1) is 14.0. The summed E-state index contributed by atoms with van der Waals surface area (Å²) in [6, 6.07) is 0. The molecule has 2 atom stereocenters. The molecule has 0 bridgehead atoms. The first-order valence-electron chi connectivity index (χ1n) is 6.98. The number of amides is 2. The summed E-state index contributed by atoms with van der Waals surface area (Å²) in [5, 5.41) is 0.723. The van der Waals surface area contributed by atoms with Crippen molar-refractivity contribution in [3.63, 3.8) is 0 Å². The van der Waals surface area contributed by atoms with Crippen molar-refractivity contribution in [2.24, 2.45) is 17.3 Å².